The molecule has 0 saturated heterocycles. The monoisotopic (exact) mass is 265 g/mol. The first-order valence-electron chi connectivity index (χ1n) is 6.62. The topological polar surface area (TPSA) is 61.6 Å². The summed E-state index contributed by atoms with van der Waals surface area (Å²) in [5.41, 5.74) is 6.41. The van der Waals surface area contributed by atoms with Crippen molar-refractivity contribution in [3.8, 4) is 11.5 Å². The van der Waals surface area contributed by atoms with Crippen molar-refractivity contribution in [2.75, 3.05) is 14.2 Å². The highest BCUT2D eigenvalue weighted by Gasteiger charge is 2.16. The Balaban J connectivity index is 2.97. The molecule has 1 atom stereocenters. The zero-order valence-corrected chi connectivity index (χ0v) is 11.9. The first-order chi connectivity index (χ1) is 9.12. The lowest BCUT2D eigenvalue weighted by Crippen LogP contribution is -2.15. The van der Waals surface area contributed by atoms with E-state index >= 15 is 0 Å². The van der Waals surface area contributed by atoms with Crippen molar-refractivity contribution in [3.05, 3.63) is 23.8 Å². The van der Waals surface area contributed by atoms with Gasteiger partial charge in [0.25, 0.3) is 0 Å². The molecule has 106 valence electrons. The molecule has 1 aromatic rings. The zero-order chi connectivity index (χ0) is 14.3. The number of nitrogens with two attached hydrogens (primary N) is 1. The second-order valence-electron chi connectivity index (χ2n) is 4.62. The number of benzene rings is 1. The number of unbranched alkanes of at least 4 members (excludes halogenated alkanes) is 1. The summed E-state index contributed by atoms with van der Waals surface area (Å²) >= 11 is 0. The molecule has 4 nitrogen and oxygen atoms in total. The number of carbonyl (C=O) groups is 1. The highest BCUT2D eigenvalue weighted by molar-refractivity contribution is 5.74. The third kappa shape index (κ3) is 4.47. The van der Waals surface area contributed by atoms with Gasteiger partial charge in [-0.1, -0.05) is 25.8 Å². The highest BCUT2D eigenvalue weighted by Crippen LogP contribution is 2.33. The van der Waals surface area contributed by atoms with Crippen LogP contribution < -0.4 is 15.2 Å². The Kier molecular flexibility index (Phi) is 6.19. The summed E-state index contributed by atoms with van der Waals surface area (Å²) in [7, 11) is 3.21. The van der Waals surface area contributed by atoms with Gasteiger partial charge in [0.1, 0.15) is 0 Å². The van der Waals surface area contributed by atoms with Gasteiger partial charge in [0, 0.05) is 6.42 Å². The van der Waals surface area contributed by atoms with Gasteiger partial charge >= 0.3 is 0 Å². The lowest BCUT2D eigenvalue weighted by molar-refractivity contribution is -0.118. The third-order valence-corrected chi connectivity index (χ3v) is 3.23. The lowest BCUT2D eigenvalue weighted by atomic mass is 9.90. The Hall–Kier alpha value is -1.71. The molecule has 1 aromatic carbocycles. The predicted molar refractivity (Wildman–Crippen MR) is 75.6 cm³/mol. The quantitative estimate of drug-likeness (QED) is 0.786. The second-order valence-corrected chi connectivity index (χ2v) is 4.62. The first-order valence-corrected chi connectivity index (χ1v) is 6.62. The number of primary amides is 1. The fourth-order valence-corrected chi connectivity index (χ4v) is 2.19. The van der Waals surface area contributed by atoms with Crippen LogP contribution in [0.5, 0.6) is 11.5 Å². The predicted octanol–water partition coefficient (Wildman–Crippen LogP) is 2.85. The molecule has 0 bridgehead atoms. The molecule has 0 radical (unpaired) electrons. The summed E-state index contributed by atoms with van der Waals surface area (Å²) in [6.07, 6.45) is 3.50. The Morgan fingerprint density at radius 2 is 1.95 bits per heavy atom. The zero-order valence-electron chi connectivity index (χ0n) is 11.9. The molecule has 0 spiro atoms. The third-order valence-electron chi connectivity index (χ3n) is 3.23. The van der Waals surface area contributed by atoms with Gasteiger partial charge in [-0.15, -0.1) is 0 Å². The molecule has 4 heteroatoms. The Morgan fingerprint density at radius 1 is 1.26 bits per heavy atom. The molecular weight excluding hydrogens is 242 g/mol. The molecule has 0 fully saturated rings. The second kappa shape index (κ2) is 7.67. The molecule has 19 heavy (non-hydrogen) atoms. The van der Waals surface area contributed by atoms with Crippen molar-refractivity contribution in [1.29, 1.82) is 0 Å². The molecule has 1 unspecified atom stereocenters. The summed E-state index contributed by atoms with van der Waals surface area (Å²) in [6.45, 7) is 2.13. The van der Waals surface area contributed by atoms with Crippen molar-refractivity contribution in [1.82, 2.24) is 0 Å². The number of amides is 1. The van der Waals surface area contributed by atoms with Gasteiger partial charge in [-0.2, -0.15) is 0 Å². The van der Waals surface area contributed by atoms with E-state index in [0.29, 0.717) is 17.9 Å². The van der Waals surface area contributed by atoms with Crippen molar-refractivity contribution >= 4 is 5.91 Å². The maximum atomic E-state index is 11.2. The molecule has 0 aliphatic rings. The van der Waals surface area contributed by atoms with Crippen molar-refractivity contribution in [2.24, 2.45) is 5.73 Å². The van der Waals surface area contributed by atoms with Gasteiger partial charge in [-0.3, -0.25) is 4.79 Å². The van der Waals surface area contributed by atoms with E-state index in [-0.39, 0.29) is 11.8 Å². The normalized spacial score (nSPS) is 11.9. The lowest BCUT2D eigenvalue weighted by Gasteiger charge is -2.17. The van der Waals surface area contributed by atoms with Crippen LogP contribution in [0.25, 0.3) is 0 Å². The SMILES string of the molecule is CCCCC(CC(N)=O)c1ccc(OC)c(OC)c1. The number of hydrogen-bond donors (Lipinski definition) is 1. The summed E-state index contributed by atoms with van der Waals surface area (Å²) in [5, 5.41) is 0. The van der Waals surface area contributed by atoms with Crippen molar-refractivity contribution in [2.45, 2.75) is 38.5 Å². The molecule has 2 N–H and O–H groups in total. The largest absolute Gasteiger partial charge is 0.493 e. The minimum atomic E-state index is -0.268. The maximum Gasteiger partial charge on any atom is 0.218 e. The average Bonchev–Trinajstić information content (AvgIpc) is 2.42. The number of rotatable bonds is 8. The Morgan fingerprint density at radius 3 is 2.47 bits per heavy atom. The van der Waals surface area contributed by atoms with Crippen LogP contribution in [-0.4, -0.2) is 20.1 Å². The van der Waals surface area contributed by atoms with Crippen LogP contribution >= 0.6 is 0 Å². The Labute approximate surface area is 114 Å². The molecule has 0 aromatic heterocycles. The first kappa shape index (κ1) is 15.3. The van der Waals surface area contributed by atoms with Crippen LogP contribution in [0.2, 0.25) is 0 Å². The summed E-state index contributed by atoms with van der Waals surface area (Å²) in [6, 6.07) is 5.78. The summed E-state index contributed by atoms with van der Waals surface area (Å²) in [5.74, 6) is 1.26. The van der Waals surface area contributed by atoms with Crippen LogP contribution in [0.4, 0.5) is 0 Å². The molecule has 0 aliphatic carbocycles. The van der Waals surface area contributed by atoms with E-state index in [4.69, 9.17) is 15.2 Å². The van der Waals surface area contributed by atoms with E-state index in [2.05, 4.69) is 6.92 Å². The van der Waals surface area contributed by atoms with E-state index < -0.39 is 0 Å². The summed E-state index contributed by atoms with van der Waals surface area (Å²) in [4.78, 5) is 11.2. The van der Waals surface area contributed by atoms with Gasteiger partial charge in [0.15, 0.2) is 11.5 Å². The van der Waals surface area contributed by atoms with E-state index in [0.717, 1.165) is 24.8 Å². The van der Waals surface area contributed by atoms with Crippen LogP contribution in [0.1, 0.15) is 44.1 Å². The van der Waals surface area contributed by atoms with Gasteiger partial charge in [0.05, 0.1) is 14.2 Å². The molecule has 0 heterocycles. The standard InChI is InChI=1S/C15H23NO3/c1-4-5-6-11(10-15(16)17)12-7-8-13(18-2)14(9-12)19-3/h7-9,11H,4-6,10H2,1-3H3,(H2,16,17). The summed E-state index contributed by atoms with van der Waals surface area (Å²) < 4.78 is 10.5. The molecule has 0 saturated carbocycles. The smallest absolute Gasteiger partial charge is 0.218 e. The minimum Gasteiger partial charge on any atom is -0.493 e. The van der Waals surface area contributed by atoms with Gasteiger partial charge in [0.2, 0.25) is 5.91 Å². The number of hydrogen-bond acceptors (Lipinski definition) is 3. The molecular formula is C15H23NO3. The van der Waals surface area contributed by atoms with Gasteiger partial charge < -0.3 is 15.2 Å². The van der Waals surface area contributed by atoms with E-state index in [1.807, 2.05) is 18.2 Å². The van der Waals surface area contributed by atoms with Gasteiger partial charge in [-0.25, -0.2) is 0 Å². The van der Waals surface area contributed by atoms with E-state index in [1.165, 1.54) is 0 Å². The number of carbonyl (C=O) groups excluding carboxylic acids is 1. The van der Waals surface area contributed by atoms with E-state index in [9.17, 15) is 4.79 Å². The van der Waals surface area contributed by atoms with Crippen LogP contribution in [-0.2, 0) is 4.79 Å². The van der Waals surface area contributed by atoms with Crippen LogP contribution in [0, 0.1) is 0 Å². The average molecular weight is 265 g/mol. The highest BCUT2D eigenvalue weighted by atomic mass is 16.5. The maximum absolute atomic E-state index is 11.2. The fourth-order valence-electron chi connectivity index (χ4n) is 2.19. The minimum absolute atomic E-state index is 0.150. The molecule has 0 aliphatic heterocycles. The van der Waals surface area contributed by atoms with Crippen LogP contribution in [0.15, 0.2) is 18.2 Å². The van der Waals surface area contributed by atoms with Crippen molar-refractivity contribution in [3.63, 3.8) is 0 Å². The van der Waals surface area contributed by atoms with E-state index in [1.54, 1.807) is 14.2 Å². The van der Waals surface area contributed by atoms with Gasteiger partial charge in [-0.05, 0) is 30.0 Å². The molecule has 1 amide bonds. The number of ether oxygens (including phenoxy) is 2. The fraction of sp³-hybridized carbons (Fsp3) is 0.533. The van der Waals surface area contributed by atoms with Crippen molar-refractivity contribution < 1.29 is 14.3 Å². The Bertz CT molecular complexity index is 418. The molecule has 1 rings (SSSR count). The number of methoxy groups -OCH3 is 2. The van der Waals surface area contributed by atoms with Crippen LogP contribution in [0.3, 0.4) is 0 Å².